The number of pyridine rings is 1. The Morgan fingerprint density at radius 1 is 1.20 bits per heavy atom. The zero-order valence-electron chi connectivity index (χ0n) is 11.8. The Morgan fingerprint density at radius 3 is 2.70 bits per heavy atom. The molecule has 1 fully saturated rings. The van der Waals surface area contributed by atoms with E-state index in [9.17, 15) is 0 Å². The highest BCUT2D eigenvalue weighted by atomic mass is 16.5. The van der Waals surface area contributed by atoms with Gasteiger partial charge in [0.05, 0.1) is 6.20 Å². The average molecular weight is 268 g/mol. The molecule has 104 valence electrons. The Morgan fingerprint density at radius 2 is 2.05 bits per heavy atom. The summed E-state index contributed by atoms with van der Waals surface area (Å²) in [5, 5.41) is 3.42. The van der Waals surface area contributed by atoms with E-state index in [-0.39, 0.29) is 6.10 Å². The maximum absolute atomic E-state index is 6.24. The highest BCUT2D eigenvalue weighted by Gasteiger charge is 2.27. The average Bonchev–Trinajstić information content (AvgIpc) is 3.01. The fourth-order valence-electron chi connectivity index (χ4n) is 2.69. The normalized spacial score (nSPS) is 19.8. The van der Waals surface area contributed by atoms with Crippen LogP contribution in [-0.4, -0.2) is 18.1 Å². The second-order valence-electron chi connectivity index (χ2n) is 5.34. The number of aryl methyl sites for hydroxylation is 1. The van der Waals surface area contributed by atoms with Crippen molar-refractivity contribution in [1.29, 1.82) is 0 Å². The number of ether oxygens (including phenoxy) is 1. The van der Waals surface area contributed by atoms with E-state index in [4.69, 9.17) is 4.74 Å². The van der Waals surface area contributed by atoms with Crippen LogP contribution in [0.5, 0.6) is 5.75 Å². The lowest BCUT2D eigenvalue weighted by Gasteiger charge is -2.24. The molecule has 1 aromatic heterocycles. The van der Waals surface area contributed by atoms with Crippen molar-refractivity contribution in [3.8, 4) is 5.75 Å². The van der Waals surface area contributed by atoms with Gasteiger partial charge in [-0.15, -0.1) is 0 Å². The van der Waals surface area contributed by atoms with E-state index in [2.05, 4.69) is 34.6 Å². The first kappa shape index (κ1) is 13.1. The maximum atomic E-state index is 6.24. The Kier molecular flexibility index (Phi) is 3.97. The smallest absolute Gasteiger partial charge is 0.138 e. The van der Waals surface area contributed by atoms with Crippen LogP contribution in [0.3, 0.4) is 0 Å². The predicted octanol–water partition coefficient (Wildman–Crippen LogP) is 3.12. The van der Waals surface area contributed by atoms with Crippen molar-refractivity contribution >= 4 is 0 Å². The summed E-state index contributed by atoms with van der Waals surface area (Å²) in [6.45, 7) is 4.07. The first-order chi connectivity index (χ1) is 9.83. The molecule has 3 rings (SSSR count). The van der Waals surface area contributed by atoms with Gasteiger partial charge < -0.3 is 10.1 Å². The fourth-order valence-corrected chi connectivity index (χ4v) is 2.69. The lowest BCUT2D eigenvalue weighted by molar-refractivity contribution is 0.144. The molecule has 2 aromatic rings. The molecular weight excluding hydrogens is 248 g/mol. The summed E-state index contributed by atoms with van der Waals surface area (Å²) >= 11 is 0. The standard InChI is InChI=1S/C17H20N2O/c1-13-7-8-16(12-19-13)20-17(15-9-10-18-11-15)14-5-3-2-4-6-14/h2-8,12,15,17-18H,9-11H2,1H3/t15?,17-/m1/s1. The van der Waals surface area contributed by atoms with E-state index in [1.807, 2.05) is 31.3 Å². The van der Waals surface area contributed by atoms with E-state index in [0.717, 1.165) is 31.0 Å². The van der Waals surface area contributed by atoms with Crippen molar-refractivity contribution in [3.05, 3.63) is 59.9 Å². The SMILES string of the molecule is Cc1ccc(O[C@H](c2ccccc2)C2CCNC2)cn1. The van der Waals surface area contributed by atoms with Crippen molar-refractivity contribution in [2.24, 2.45) is 5.92 Å². The minimum absolute atomic E-state index is 0.0932. The molecule has 1 aliphatic rings. The third-order valence-corrected chi connectivity index (χ3v) is 3.80. The third kappa shape index (κ3) is 2.99. The molecule has 0 bridgehead atoms. The molecule has 1 saturated heterocycles. The largest absolute Gasteiger partial charge is 0.484 e. The molecule has 2 atom stereocenters. The van der Waals surface area contributed by atoms with Gasteiger partial charge in [-0.05, 0) is 37.6 Å². The van der Waals surface area contributed by atoms with Crippen LogP contribution >= 0.6 is 0 Å². The van der Waals surface area contributed by atoms with Crippen LogP contribution in [0.15, 0.2) is 48.7 Å². The maximum Gasteiger partial charge on any atom is 0.138 e. The molecule has 2 heterocycles. The van der Waals surface area contributed by atoms with E-state index in [1.165, 1.54) is 5.56 Å². The number of rotatable bonds is 4. The summed E-state index contributed by atoms with van der Waals surface area (Å²) in [6, 6.07) is 14.5. The quantitative estimate of drug-likeness (QED) is 0.925. The van der Waals surface area contributed by atoms with Crippen LogP contribution in [0.2, 0.25) is 0 Å². The Balaban J connectivity index is 1.83. The molecule has 1 unspecified atom stereocenters. The minimum atomic E-state index is 0.0932. The van der Waals surface area contributed by atoms with Crippen LogP contribution in [0, 0.1) is 12.8 Å². The van der Waals surface area contributed by atoms with Gasteiger partial charge in [0.25, 0.3) is 0 Å². The molecular formula is C17H20N2O. The number of nitrogens with one attached hydrogen (secondary N) is 1. The Bertz CT molecular complexity index is 533. The van der Waals surface area contributed by atoms with Crippen LogP contribution < -0.4 is 10.1 Å². The van der Waals surface area contributed by atoms with E-state index in [0.29, 0.717) is 5.92 Å². The second-order valence-corrected chi connectivity index (χ2v) is 5.34. The van der Waals surface area contributed by atoms with Gasteiger partial charge in [0.1, 0.15) is 11.9 Å². The first-order valence-corrected chi connectivity index (χ1v) is 7.18. The van der Waals surface area contributed by atoms with Gasteiger partial charge in [0, 0.05) is 18.2 Å². The molecule has 0 saturated carbocycles. The molecule has 0 spiro atoms. The topological polar surface area (TPSA) is 34.1 Å². The summed E-state index contributed by atoms with van der Waals surface area (Å²) < 4.78 is 6.24. The van der Waals surface area contributed by atoms with Gasteiger partial charge in [-0.1, -0.05) is 30.3 Å². The van der Waals surface area contributed by atoms with Gasteiger partial charge in [-0.2, -0.15) is 0 Å². The third-order valence-electron chi connectivity index (χ3n) is 3.80. The predicted molar refractivity (Wildman–Crippen MR) is 79.8 cm³/mol. The summed E-state index contributed by atoms with van der Waals surface area (Å²) in [6.07, 6.45) is 3.06. The van der Waals surface area contributed by atoms with Crippen molar-refractivity contribution in [3.63, 3.8) is 0 Å². The molecule has 20 heavy (non-hydrogen) atoms. The monoisotopic (exact) mass is 268 g/mol. The number of hydrogen-bond acceptors (Lipinski definition) is 3. The molecule has 0 radical (unpaired) electrons. The highest BCUT2D eigenvalue weighted by molar-refractivity contribution is 5.24. The molecule has 3 heteroatoms. The molecule has 3 nitrogen and oxygen atoms in total. The summed E-state index contributed by atoms with van der Waals surface area (Å²) in [5.41, 5.74) is 2.25. The summed E-state index contributed by atoms with van der Waals surface area (Å²) in [4.78, 5) is 4.31. The highest BCUT2D eigenvalue weighted by Crippen LogP contribution is 2.31. The summed E-state index contributed by atoms with van der Waals surface area (Å²) in [7, 11) is 0. The number of aromatic nitrogens is 1. The molecule has 0 amide bonds. The van der Waals surface area contributed by atoms with Crippen LogP contribution in [0.25, 0.3) is 0 Å². The van der Waals surface area contributed by atoms with Crippen LogP contribution in [0.4, 0.5) is 0 Å². The molecule has 0 aliphatic carbocycles. The minimum Gasteiger partial charge on any atom is -0.484 e. The van der Waals surface area contributed by atoms with Gasteiger partial charge in [-0.25, -0.2) is 0 Å². The number of nitrogens with zero attached hydrogens (tertiary/aromatic N) is 1. The van der Waals surface area contributed by atoms with E-state index in [1.54, 1.807) is 0 Å². The van der Waals surface area contributed by atoms with E-state index < -0.39 is 0 Å². The molecule has 1 aromatic carbocycles. The molecule has 1 N–H and O–H groups in total. The Labute approximate surface area is 120 Å². The van der Waals surface area contributed by atoms with Crippen molar-refractivity contribution in [2.45, 2.75) is 19.4 Å². The lowest BCUT2D eigenvalue weighted by Crippen LogP contribution is -2.21. The van der Waals surface area contributed by atoms with Gasteiger partial charge in [0.15, 0.2) is 0 Å². The number of hydrogen-bond donors (Lipinski definition) is 1. The first-order valence-electron chi connectivity index (χ1n) is 7.18. The second kappa shape index (κ2) is 6.06. The zero-order valence-corrected chi connectivity index (χ0v) is 11.8. The van der Waals surface area contributed by atoms with Gasteiger partial charge >= 0.3 is 0 Å². The fraction of sp³-hybridized carbons (Fsp3) is 0.353. The summed E-state index contributed by atoms with van der Waals surface area (Å²) in [5.74, 6) is 1.36. The van der Waals surface area contributed by atoms with Crippen LogP contribution in [-0.2, 0) is 0 Å². The van der Waals surface area contributed by atoms with Gasteiger partial charge in [0.2, 0.25) is 0 Å². The van der Waals surface area contributed by atoms with Crippen molar-refractivity contribution in [2.75, 3.05) is 13.1 Å². The van der Waals surface area contributed by atoms with Gasteiger partial charge in [-0.3, -0.25) is 4.98 Å². The van der Waals surface area contributed by atoms with E-state index >= 15 is 0 Å². The number of benzene rings is 1. The Hall–Kier alpha value is -1.87. The zero-order chi connectivity index (χ0) is 13.8. The lowest BCUT2D eigenvalue weighted by atomic mass is 9.95. The molecule has 1 aliphatic heterocycles. The van der Waals surface area contributed by atoms with Crippen molar-refractivity contribution < 1.29 is 4.74 Å². The van der Waals surface area contributed by atoms with Crippen LogP contribution in [0.1, 0.15) is 23.8 Å². The van der Waals surface area contributed by atoms with Crippen molar-refractivity contribution in [1.82, 2.24) is 10.3 Å².